The minimum atomic E-state index is -0.343. The van der Waals surface area contributed by atoms with E-state index in [1.165, 1.54) is 0 Å². The van der Waals surface area contributed by atoms with Crippen molar-refractivity contribution in [3.05, 3.63) is 18.6 Å². The maximum absolute atomic E-state index is 11.7. The average Bonchev–Trinajstić information content (AvgIpc) is 2.73. The fraction of sp³-hybridized carbons (Fsp3) is 0.417. The van der Waals surface area contributed by atoms with Crippen LogP contribution in [-0.2, 0) is 11.8 Å². The Hall–Kier alpha value is -2.11. The highest BCUT2D eigenvalue weighted by atomic mass is 16.2. The fourth-order valence-corrected chi connectivity index (χ4v) is 1.77. The largest absolute Gasteiger partial charge is 0.357 e. The Morgan fingerprint density at radius 2 is 2.28 bits per heavy atom. The van der Waals surface area contributed by atoms with Gasteiger partial charge >= 0.3 is 0 Å². The second kappa shape index (κ2) is 5.03. The molecule has 0 aliphatic rings. The molecule has 0 aliphatic heterocycles. The normalized spacial score (nSPS) is 12.4. The summed E-state index contributed by atoms with van der Waals surface area (Å²) in [5.74, 6) is 0.582. The summed E-state index contributed by atoms with van der Waals surface area (Å²) in [6.45, 7) is 4.31. The van der Waals surface area contributed by atoms with Gasteiger partial charge in [-0.1, -0.05) is 0 Å². The van der Waals surface area contributed by atoms with Crippen molar-refractivity contribution in [3.8, 4) is 0 Å². The van der Waals surface area contributed by atoms with Crippen molar-refractivity contribution in [1.29, 1.82) is 0 Å². The van der Waals surface area contributed by atoms with E-state index in [0.29, 0.717) is 12.4 Å². The SMILES string of the molecule is CCNC(=O)C(C)Nc1nccc2c1ncn2C. The summed E-state index contributed by atoms with van der Waals surface area (Å²) in [4.78, 5) is 20.2. The van der Waals surface area contributed by atoms with Gasteiger partial charge in [-0.25, -0.2) is 9.97 Å². The molecule has 6 nitrogen and oxygen atoms in total. The predicted octanol–water partition coefficient (Wildman–Crippen LogP) is 0.905. The van der Waals surface area contributed by atoms with Crippen molar-refractivity contribution in [1.82, 2.24) is 19.9 Å². The molecule has 1 amide bonds. The third kappa shape index (κ3) is 2.27. The van der Waals surface area contributed by atoms with Gasteiger partial charge in [0.2, 0.25) is 5.91 Å². The number of hydrogen-bond acceptors (Lipinski definition) is 4. The summed E-state index contributed by atoms with van der Waals surface area (Å²) in [6.07, 6.45) is 3.44. The van der Waals surface area contributed by atoms with E-state index in [1.807, 2.05) is 24.6 Å². The molecule has 1 unspecified atom stereocenters. The van der Waals surface area contributed by atoms with Crippen LogP contribution in [0.3, 0.4) is 0 Å². The van der Waals surface area contributed by atoms with E-state index in [2.05, 4.69) is 20.6 Å². The number of rotatable bonds is 4. The van der Waals surface area contributed by atoms with Crippen LogP contribution in [0.5, 0.6) is 0 Å². The lowest BCUT2D eigenvalue weighted by molar-refractivity contribution is -0.121. The maximum atomic E-state index is 11.7. The van der Waals surface area contributed by atoms with Crippen LogP contribution in [0.4, 0.5) is 5.82 Å². The average molecular weight is 247 g/mol. The summed E-state index contributed by atoms with van der Waals surface area (Å²) in [7, 11) is 1.92. The van der Waals surface area contributed by atoms with Crippen LogP contribution >= 0.6 is 0 Å². The molecule has 18 heavy (non-hydrogen) atoms. The number of imidazole rings is 1. The lowest BCUT2D eigenvalue weighted by Crippen LogP contribution is -2.37. The Labute approximate surface area is 105 Å². The number of fused-ring (bicyclic) bond motifs is 1. The summed E-state index contributed by atoms with van der Waals surface area (Å²) >= 11 is 0. The molecule has 2 aromatic heterocycles. The summed E-state index contributed by atoms with van der Waals surface area (Å²) in [5.41, 5.74) is 1.76. The molecule has 0 aliphatic carbocycles. The van der Waals surface area contributed by atoms with Crippen molar-refractivity contribution in [2.45, 2.75) is 19.9 Å². The second-order valence-electron chi connectivity index (χ2n) is 4.14. The molecule has 96 valence electrons. The highest BCUT2D eigenvalue weighted by molar-refractivity contribution is 5.89. The highest BCUT2D eigenvalue weighted by Gasteiger charge is 2.14. The monoisotopic (exact) mass is 247 g/mol. The van der Waals surface area contributed by atoms with Gasteiger partial charge in [-0.15, -0.1) is 0 Å². The molecule has 6 heteroatoms. The van der Waals surface area contributed by atoms with Gasteiger partial charge in [0, 0.05) is 19.8 Å². The van der Waals surface area contributed by atoms with Crippen LogP contribution in [0, 0.1) is 0 Å². The number of amides is 1. The third-order valence-electron chi connectivity index (χ3n) is 2.74. The zero-order valence-electron chi connectivity index (χ0n) is 10.8. The molecule has 0 radical (unpaired) electrons. The van der Waals surface area contributed by atoms with E-state index < -0.39 is 0 Å². The molecule has 0 saturated carbocycles. The quantitative estimate of drug-likeness (QED) is 0.842. The zero-order valence-corrected chi connectivity index (χ0v) is 10.8. The van der Waals surface area contributed by atoms with Crippen LogP contribution < -0.4 is 10.6 Å². The molecule has 2 heterocycles. The van der Waals surface area contributed by atoms with E-state index in [4.69, 9.17) is 0 Å². The Balaban J connectivity index is 2.24. The van der Waals surface area contributed by atoms with E-state index in [9.17, 15) is 4.79 Å². The molecular formula is C12H17N5O. The lowest BCUT2D eigenvalue weighted by Gasteiger charge is -2.14. The van der Waals surface area contributed by atoms with Gasteiger partial charge in [-0.2, -0.15) is 0 Å². The number of likely N-dealkylation sites (N-methyl/N-ethyl adjacent to an activating group) is 1. The number of nitrogens with one attached hydrogen (secondary N) is 2. The van der Waals surface area contributed by atoms with Gasteiger partial charge < -0.3 is 15.2 Å². The van der Waals surface area contributed by atoms with Gasteiger partial charge in [-0.05, 0) is 19.9 Å². The Morgan fingerprint density at radius 1 is 1.50 bits per heavy atom. The van der Waals surface area contributed by atoms with Gasteiger partial charge in [-0.3, -0.25) is 4.79 Å². The Bertz CT molecular complexity index is 563. The Kier molecular flexibility index (Phi) is 3.45. The number of pyridine rings is 1. The number of nitrogens with zero attached hydrogens (tertiary/aromatic N) is 3. The minimum absolute atomic E-state index is 0.0489. The molecule has 0 saturated heterocycles. The molecule has 0 spiro atoms. The molecular weight excluding hydrogens is 230 g/mol. The Morgan fingerprint density at radius 3 is 3.00 bits per heavy atom. The number of aryl methyl sites for hydroxylation is 1. The van der Waals surface area contributed by atoms with Gasteiger partial charge in [0.1, 0.15) is 11.6 Å². The van der Waals surface area contributed by atoms with E-state index >= 15 is 0 Å². The first kappa shape index (κ1) is 12.3. The van der Waals surface area contributed by atoms with Crippen molar-refractivity contribution in [2.75, 3.05) is 11.9 Å². The first-order valence-electron chi connectivity index (χ1n) is 5.93. The number of anilines is 1. The molecule has 0 bridgehead atoms. The van der Waals surface area contributed by atoms with Crippen LogP contribution in [0.1, 0.15) is 13.8 Å². The number of carbonyl (C=O) groups excluding carboxylic acids is 1. The molecule has 2 aromatic rings. The van der Waals surface area contributed by atoms with Crippen molar-refractivity contribution in [2.24, 2.45) is 7.05 Å². The predicted molar refractivity (Wildman–Crippen MR) is 70.3 cm³/mol. The number of aromatic nitrogens is 3. The number of carbonyl (C=O) groups is 1. The highest BCUT2D eigenvalue weighted by Crippen LogP contribution is 2.18. The van der Waals surface area contributed by atoms with E-state index in [-0.39, 0.29) is 11.9 Å². The topological polar surface area (TPSA) is 71.8 Å². The second-order valence-corrected chi connectivity index (χ2v) is 4.14. The standard InChI is InChI=1S/C12H17N5O/c1-4-13-12(18)8(2)16-11-10-9(5-6-14-11)17(3)7-15-10/h5-8H,4H2,1-3H3,(H,13,18)(H,14,16). The molecule has 0 aromatic carbocycles. The lowest BCUT2D eigenvalue weighted by atomic mass is 10.3. The maximum Gasteiger partial charge on any atom is 0.242 e. The van der Waals surface area contributed by atoms with Crippen LogP contribution in [-0.4, -0.2) is 33.0 Å². The van der Waals surface area contributed by atoms with Crippen LogP contribution in [0.25, 0.3) is 11.0 Å². The third-order valence-corrected chi connectivity index (χ3v) is 2.74. The molecule has 2 rings (SSSR count). The van der Waals surface area contributed by atoms with Gasteiger partial charge in [0.15, 0.2) is 5.82 Å². The van der Waals surface area contributed by atoms with Crippen LogP contribution in [0.15, 0.2) is 18.6 Å². The van der Waals surface area contributed by atoms with E-state index in [1.54, 1.807) is 19.4 Å². The zero-order chi connectivity index (χ0) is 13.1. The molecule has 1 atom stereocenters. The fourth-order valence-electron chi connectivity index (χ4n) is 1.77. The van der Waals surface area contributed by atoms with Gasteiger partial charge in [0.25, 0.3) is 0 Å². The van der Waals surface area contributed by atoms with Crippen molar-refractivity contribution < 1.29 is 4.79 Å². The number of hydrogen-bond donors (Lipinski definition) is 2. The van der Waals surface area contributed by atoms with E-state index in [0.717, 1.165) is 11.0 Å². The minimum Gasteiger partial charge on any atom is -0.357 e. The van der Waals surface area contributed by atoms with Gasteiger partial charge in [0.05, 0.1) is 11.8 Å². The summed E-state index contributed by atoms with van der Waals surface area (Å²) in [5, 5.41) is 5.85. The molecule has 2 N–H and O–H groups in total. The summed E-state index contributed by atoms with van der Waals surface area (Å²) < 4.78 is 1.92. The summed E-state index contributed by atoms with van der Waals surface area (Å²) in [6, 6.07) is 1.55. The first-order chi connectivity index (χ1) is 8.63. The van der Waals surface area contributed by atoms with Crippen molar-refractivity contribution >= 4 is 22.8 Å². The van der Waals surface area contributed by atoms with Crippen LogP contribution in [0.2, 0.25) is 0 Å². The molecule has 0 fully saturated rings. The smallest absolute Gasteiger partial charge is 0.242 e. The first-order valence-corrected chi connectivity index (χ1v) is 5.93. The van der Waals surface area contributed by atoms with Crippen molar-refractivity contribution in [3.63, 3.8) is 0 Å².